The van der Waals surface area contributed by atoms with Crippen molar-refractivity contribution in [2.24, 2.45) is 5.73 Å². The van der Waals surface area contributed by atoms with Gasteiger partial charge in [-0.3, -0.25) is 0 Å². The largest absolute Gasteiger partial charge is 0.496 e. The van der Waals surface area contributed by atoms with Crippen LogP contribution in [0, 0.1) is 0 Å². The summed E-state index contributed by atoms with van der Waals surface area (Å²) in [5.41, 5.74) is 6.40. The van der Waals surface area contributed by atoms with Gasteiger partial charge >= 0.3 is 0 Å². The SMILES string of the molecule is COc1ccc(Br)cc1/C=C/CN. The number of hydrogen-bond donors (Lipinski definition) is 1. The number of methoxy groups -OCH3 is 1. The molecule has 0 bridgehead atoms. The molecular weight excluding hydrogens is 230 g/mol. The molecule has 2 N–H and O–H groups in total. The second kappa shape index (κ2) is 5.04. The van der Waals surface area contributed by atoms with E-state index in [2.05, 4.69) is 15.9 Å². The molecule has 0 aliphatic carbocycles. The highest BCUT2D eigenvalue weighted by Gasteiger charge is 1.98. The van der Waals surface area contributed by atoms with Crippen LogP contribution in [0.25, 0.3) is 6.08 Å². The number of benzene rings is 1. The van der Waals surface area contributed by atoms with E-state index in [4.69, 9.17) is 10.5 Å². The molecule has 0 heterocycles. The molecule has 1 rings (SSSR count). The fourth-order valence-corrected chi connectivity index (χ4v) is 1.41. The van der Waals surface area contributed by atoms with Crippen LogP contribution in [0.3, 0.4) is 0 Å². The summed E-state index contributed by atoms with van der Waals surface area (Å²) < 4.78 is 6.22. The Morgan fingerprint density at radius 1 is 1.54 bits per heavy atom. The molecule has 0 saturated carbocycles. The molecule has 0 radical (unpaired) electrons. The zero-order chi connectivity index (χ0) is 9.68. The Labute approximate surface area is 86.5 Å². The third-order valence-corrected chi connectivity index (χ3v) is 2.12. The van der Waals surface area contributed by atoms with Crippen LogP contribution in [-0.4, -0.2) is 13.7 Å². The van der Waals surface area contributed by atoms with Gasteiger partial charge in [-0.2, -0.15) is 0 Å². The average molecular weight is 242 g/mol. The van der Waals surface area contributed by atoms with Crippen LogP contribution >= 0.6 is 15.9 Å². The molecule has 0 fully saturated rings. The van der Waals surface area contributed by atoms with Gasteiger partial charge < -0.3 is 10.5 Å². The molecule has 1 aromatic rings. The van der Waals surface area contributed by atoms with Gasteiger partial charge in [0.1, 0.15) is 5.75 Å². The van der Waals surface area contributed by atoms with Crippen molar-refractivity contribution in [1.82, 2.24) is 0 Å². The van der Waals surface area contributed by atoms with Crippen molar-refractivity contribution in [3.05, 3.63) is 34.3 Å². The molecule has 0 atom stereocenters. The number of halogens is 1. The lowest BCUT2D eigenvalue weighted by atomic mass is 10.2. The fraction of sp³-hybridized carbons (Fsp3) is 0.200. The number of rotatable bonds is 3. The Balaban J connectivity index is 3.01. The Hall–Kier alpha value is -0.800. The molecule has 1 aromatic carbocycles. The normalized spacial score (nSPS) is 10.7. The van der Waals surface area contributed by atoms with E-state index in [0.717, 1.165) is 15.8 Å². The number of ether oxygens (including phenoxy) is 1. The van der Waals surface area contributed by atoms with Crippen molar-refractivity contribution in [3.8, 4) is 5.75 Å². The number of nitrogens with two attached hydrogens (primary N) is 1. The highest BCUT2D eigenvalue weighted by atomic mass is 79.9. The fourth-order valence-electron chi connectivity index (χ4n) is 1.03. The summed E-state index contributed by atoms with van der Waals surface area (Å²) in [6.45, 7) is 0.537. The summed E-state index contributed by atoms with van der Waals surface area (Å²) in [4.78, 5) is 0. The van der Waals surface area contributed by atoms with E-state index in [1.54, 1.807) is 7.11 Å². The first-order chi connectivity index (χ1) is 6.27. The van der Waals surface area contributed by atoms with Crippen molar-refractivity contribution in [2.45, 2.75) is 0 Å². The van der Waals surface area contributed by atoms with Crippen molar-refractivity contribution < 1.29 is 4.74 Å². The Morgan fingerprint density at radius 3 is 2.92 bits per heavy atom. The van der Waals surface area contributed by atoms with E-state index in [-0.39, 0.29) is 0 Å². The second-order valence-corrected chi connectivity index (χ2v) is 3.44. The van der Waals surface area contributed by atoms with Crippen LogP contribution in [0.5, 0.6) is 5.75 Å². The lowest BCUT2D eigenvalue weighted by molar-refractivity contribution is 0.414. The highest BCUT2D eigenvalue weighted by Crippen LogP contribution is 2.23. The minimum atomic E-state index is 0.537. The van der Waals surface area contributed by atoms with Gasteiger partial charge in [0.05, 0.1) is 7.11 Å². The molecule has 3 heteroatoms. The van der Waals surface area contributed by atoms with Crippen LogP contribution in [-0.2, 0) is 0 Å². The molecule has 0 amide bonds. The highest BCUT2D eigenvalue weighted by molar-refractivity contribution is 9.10. The zero-order valence-corrected chi connectivity index (χ0v) is 9.04. The van der Waals surface area contributed by atoms with Crippen molar-refractivity contribution in [1.29, 1.82) is 0 Å². The summed E-state index contributed by atoms with van der Waals surface area (Å²) in [6, 6.07) is 5.85. The Morgan fingerprint density at radius 2 is 2.31 bits per heavy atom. The van der Waals surface area contributed by atoms with Crippen LogP contribution in [0.2, 0.25) is 0 Å². The number of hydrogen-bond acceptors (Lipinski definition) is 2. The van der Waals surface area contributed by atoms with Crippen LogP contribution in [0.1, 0.15) is 5.56 Å². The van der Waals surface area contributed by atoms with E-state index in [1.807, 2.05) is 30.4 Å². The first kappa shape index (κ1) is 10.3. The van der Waals surface area contributed by atoms with Gasteiger partial charge in [0.15, 0.2) is 0 Å². The predicted molar refractivity (Wildman–Crippen MR) is 58.8 cm³/mol. The lowest BCUT2D eigenvalue weighted by Crippen LogP contribution is -1.92. The van der Waals surface area contributed by atoms with Gasteiger partial charge in [-0.1, -0.05) is 28.1 Å². The minimum Gasteiger partial charge on any atom is -0.496 e. The molecule has 13 heavy (non-hydrogen) atoms. The van der Waals surface area contributed by atoms with Gasteiger partial charge in [0.2, 0.25) is 0 Å². The van der Waals surface area contributed by atoms with E-state index in [0.29, 0.717) is 6.54 Å². The molecule has 2 nitrogen and oxygen atoms in total. The third kappa shape index (κ3) is 2.86. The maximum absolute atomic E-state index is 5.37. The van der Waals surface area contributed by atoms with Crippen LogP contribution in [0.4, 0.5) is 0 Å². The monoisotopic (exact) mass is 241 g/mol. The summed E-state index contributed by atoms with van der Waals surface area (Å²) in [5, 5.41) is 0. The van der Waals surface area contributed by atoms with Crippen LogP contribution in [0.15, 0.2) is 28.7 Å². The van der Waals surface area contributed by atoms with Crippen molar-refractivity contribution in [3.63, 3.8) is 0 Å². The van der Waals surface area contributed by atoms with E-state index >= 15 is 0 Å². The molecular formula is C10H12BrNO. The molecule has 0 aromatic heterocycles. The predicted octanol–water partition coefficient (Wildman–Crippen LogP) is 2.43. The van der Waals surface area contributed by atoms with E-state index < -0.39 is 0 Å². The van der Waals surface area contributed by atoms with Crippen molar-refractivity contribution in [2.75, 3.05) is 13.7 Å². The Bertz CT molecular complexity index is 310. The van der Waals surface area contributed by atoms with Gasteiger partial charge in [-0.15, -0.1) is 0 Å². The summed E-state index contributed by atoms with van der Waals surface area (Å²) >= 11 is 3.40. The quantitative estimate of drug-likeness (QED) is 0.883. The molecule has 0 aliphatic rings. The molecule has 0 spiro atoms. The summed E-state index contributed by atoms with van der Waals surface area (Å²) in [7, 11) is 1.66. The molecule has 0 aliphatic heterocycles. The van der Waals surface area contributed by atoms with Gasteiger partial charge in [0.25, 0.3) is 0 Å². The molecule has 70 valence electrons. The maximum atomic E-state index is 5.37. The Kier molecular flexibility index (Phi) is 3.99. The first-order valence-electron chi connectivity index (χ1n) is 3.98. The first-order valence-corrected chi connectivity index (χ1v) is 4.77. The van der Waals surface area contributed by atoms with Crippen molar-refractivity contribution >= 4 is 22.0 Å². The summed E-state index contributed by atoms with van der Waals surface area (Å²) in [6.07, 6.45) is 3.84. The van der Waals surface area contributed by atoms with Gasteiger partial charge in [-0.25, -0.2) is 0 Å². The lowest BCUT2D eigenvalue weighted by Gasteiger charge is -2.04. The topological polar surface area (TPSA) is 35.2 Å². The third-order valence-electron chi connectivity index (χ3n) is 1.63. The zero-order valence-electron chi connectivity index (χ0n) is 7.46. The van der Waals surface area contributed by atoms with E-state index in [9.17, 15) is 0 Å². The average Bonchev–Trinajstić information content (AvgIpc) is 2.15. The van der Waals surface area contributed by atoms with Crippen LogP contribution < -0.4 is 10.5 Å². The van der Waals surface area contributed by atoms with Gasteiger partial charge in [0, 0.05) is 16.6 Å². The minimum absolute atomic E-state index is 0.537. The standard InChI is InChI=1S/C10H12BrNO/c1-13-10-5-4-9(11)7-8(10)3-2-6-12/h2-5,7H,6,12H2,1H3/b3-2+. The maximum Gasteiger partial charge on any atom is 0.126 e. The second-order valence-electron chi connectivity index (χ2n) is 2.52. The molecule has 0 unspecified atom stereocenters. The smallest absolute Gasteiger partial charge is 0.126 e. The van der Waals surface area contributed by atoms with E-state index in [1.165, 1.54) is 0 Å². The molecule has 0 saturated heterocycles. The van der Waals surface area contributed by atoms with Gasteiger partial charge in [-0.05, 0) is 18.2 Å². The summed E-state index contributed by atoms with van der Waals surface area (Å²) in [5.74, 6) is 0.855.